The van der Waals surface area contributed by atoms with E-state index >= 15 is 0 Å². The van der Waals surface area contributed by atoms with Gasteiger partial charge in [0.2, 0.25) is 0 Å². The molecule has 5 aromatic carbocycles. The molecule has 0 radical (unpaired) electrons. The molecule has 0 aromatic heterocycles. The third kappa shape index (κ3) is 5.99. The summed E-state index contributed by atoms with van der Waals surface area (Å²) >= 11 is 0. The normalized spacial score (nSPS) is 14.8. The van der Waals surface area contributed by atoms with Crippen LogP contribution in [0.2, 0.25) is 0 Å². The van der Waals surface area contributed by atoms with Crippen LogP contribution in [0.3, 0.4) is 0 Å². The number of aryl methyl sites for hydroxylation is 7. The van der Waals surface area contributed by atoms with Gasteiger partial charge in [-0.3, -0.25) is 0 Å². The number of rotatable bonds is 12. The monoisotopic (exact) mass is 679 g/mol. The van der Waals surface area contributed by atoms with E-state index in [1.165, 1.54) is 79.0 Å². The summed E-state index contributed by atoms with van der Waals surface area (Å²) in [7, 11) is 0. The molecule has 0 saturated carbocycles. The van der Waals surface area contributed by atoms with Crippen molar-refractivity contribution >= 4 is 11.4 Å². The zero-order valence-electron chi connectivity index (χ0n) is 31.7. The first-order valence-corrected chi connectivity index (χ1v) is 19.4. The standard InChI is InChI=1S/C51H53N/c1-8-35(3)51(45-22-19-38-13-16-41(38)31-45,46-23-20-39-14-17-42(39)32-46)36(4)29-49(30-37-11-9-34(2)10-12-37)52(48-26-21-40-15-18-43(40)33-48)47-27-24-44(25-28-47)50(5,6)7/h8-12,19-28,31-33,49H,1,3-4,13-18,29-30H2,2,5-7H3. The van der Waals surface area contributed by atoms with Crippen molar-refractivity contribution in [3.8, 4) is 0 Å². The van der Waals surface area contributed by atoms with Gasteiger partial charge in [0.05, 0.1) is 5.41 Å². The predicted octanol–water partition coefficient (Wildman–Crippen LogP) is 12.0. The molecule has 0 spiro atoms. The molecule has 0 amide bonds. The summed E-state index contributed by atoms with van der Waals surface area (Å²) in [5.74, 6) is 0. The summed E-state index contributed by atoms with van der Waals surface area (Å²) < 4.78 is 0. The third-order valence-corrected chi connectivity index (χ3v) is 12.4. The van der Waals surface area contributed by atoms with Crippen LogP contribution in [-0.2, 0) is 55.8 Å². The molecule has 1 atom stereocenters. The minimum atomic E-state index is -0.606. The van der Waals surface area contributed by atoms with Crippen molar-refractivity contribution in [3.63, 3.8) is 0 Å². The first-order valence-electron chi connectivity index (χ1n) is 19.4. The van der Waals surface area contributed by atoms with Crippen LogP contribution in [0, 0.1) is 6.92 Å². The number of allylic oxidation sites excluding steroid dienone is 2. The summed E-state index contributed by atoms with van der Waals surface area (Å²) in [6.07, 6.45) is 10.5. The Hall–Kier alpha value is -4.88. The van der Waals surface area contributed by atoms with E-state index in [0.29, 0.717) is 0 Å². The Morgan fingerprint density at radius 3 is 1.56 bits per heavy atom. The second-order valence-corrected chi connectivity index (χ2v) is 16.7. The van der Waals surface area contributed by atoms with Gasteiger partial charge in [0.25, 0.3) is 0 Å². The molecule has 0 N–H and O–H groups in total. The molecule has 5 aromatic rings. The Labute approximate surface area is 312 Å². The second kappa shape index (κ2) is 13.3. The molecular formula is C51H53N. The van der Waals surface area contributed by atoms with Gasteiger partial charge < -0.3 is 4.90 Å². The highest BCUT2D eigenvalue weighted by Crippen LogP contribution is 2.49. The summed E-state index contributed by atoms with van der Waals surface area (Å²) in [4.78, 5) is 2.62. The summed E-state index contributed by atoms with van der Waals surface area (Å²) in [6.45, 7) is 23.3. The van der Waals surface area contributed by atoms with Crippen LogP contribution in [0.1, 0.15) is 88.4 Å². The molecule has 1 heteroatoms. The maximum absolute atomic E-state index is 5.11. The number of nitrogens with zero attached hydrogens (tertiary/aromatic N) is 1. The Balaban J connectivity index is 1.30. The molecule has 0 heterocycles. The highest BCUT2D eigenvalue weighted by atomic mass is 15.2. The van der Waals surface area contributed by atoms with Crippen molar-refractivity contribution in [2.24, 2.45) is 0 Å². The van der Waals surface area contributed by atoms with Crippen LogP contribution in [0.4, 0.5) is 11.4 Å². The fourth-order valence-electron chi connectivity index (χ4n) is 8.90. The summed E-state index contributed by atoms with van der Waals surface area (Å²) in [6, 6.07) is 40.0. The maximum Gasteiger partial charge on any atom is 0.0653 e. The molecule has 0 aliphatic heterocycles. The van der Waals surface area contributed by atoms with Crippen LogP contribution >= 0.6 is 0 Å². The maximum atomic E-state index is 5.11. The van der Waals surface area contributed by atoms with Gasteiger partial charge in [0.15, 0.2) is 0 Å². The van der Waals surface area contributed by atoms with Crippen molar-refractivity contribution in [1.29, 1.82) is 0 Å². The van der Waals surface area contributed by atoms with Gasteiger partial charge in [-0.15, -0.1) is 0 Å². The van der Waals surface area contributed by atoms with E-state index in [9.17, 15) is 0 Å². The molecular weight excluding hydrogens is 627 g/mol. The Kier molecular flexibility index (Phi) is 8.73. The van der Waals surface area contributed by atoms with E-state index in [0.717, 1.165) is 56.1 Å². The molecule has 52 heavy (non-hydrogen) atoms. The Morgan fingerprint density at radius 1 is 0.615 bits per heavy atom. The van der Waals surface area contributed by atoms with Gasteiger partial charge in [0.1, 0.15) is 0 Å². The smallest absolute Gasteiger partial charge is 0.0653 e. The molecule has 0 saturated heterocycles. The first-order chi connectivity index (χ1) is 25.0. The second-order valence-electron chi connectivity index (χ2n) is 16.7. The van der Waals surface area contributed by atoms with Crippen molar-refractivity contribution < 1.29 is 0 Å². The van der Waals surface area contributed by atoms with Gasteiger partial charge in [-0.05, 0) is 149 Å². The highest BCUT2D eigenvalue weighted by molar-refractivity contribution is 5.68. The first kappa shape index (κ1) is 34.2. The average molecular weight is 680 g/mol. The van der Waals surface area contributed by atoms with E-state index in [1.54, 1.807) is 0 Å². The predicted molar refractivity (Wildman–Crippen MR) is 221 cm³/mol. The van der Waals surface area contributed by atoms with E-state index in [-0.39, 0.29) is 11.5 Å². The number of hydrogen-bond donors (Lipinski definition) is 0. The minimum Gasteiger partial charge on any atom is -0.338 e. The topological polar surface area (TPSA) is 3.24 Å². The Morgan fingerprint density at radius 2 is 1.10 bits per heavy atom. The van der Waals surface area contributed by atoms with Gasteiger partial charge in [-0.2, -0.15) is 0 Å². The van der Waals surface area contributed by atoms with Crippen molar-refractivity contribution in [2.45, 2.75) is 95.9 Å². The summed E-state index contributed by atoms with van der Waals surface area (Å²) in [5.41, 5.74) is 19.4. The van der Waals surface area contributed by atoms with E-state index < -0.39 is 5.41 Å². The van der Waals surface area contributed by atoms with Crippen LogP contribution in [0.25, 0.3) is 0 Å². The van der Waals surface area contributed by atoms with Crippen molar-refractivity contribution in [3.05, 3.63) is 201 Å². The van der Waals surface area contributed by atoms with Gasteiger partial charge in [0, 0.05) is 17.4 Å². The lowest BCUT2D eigenvalue weighted by molar-refractivity contribution is 0.581. The van der Waals surface area contributed by atoms with E-state index in [2.05, 4.69) is 142 Å². The fraction of sp³-hybridized carbons (Fsp3) is 0.294. The molecule has 3 aliphatic rings. The molecule has 0 fully saturated rings. The van der Waals surface area contributed by atoms with Gasteiger partial charge in [-0.1, -0.05) is 137 Å². The number of fused-ring (bicyclic) bond motifs is 3. The van der Waals surface area contributed by atoms with Crippen LogP contribution < -0.4 is 4.90 Å². The highest BCUT2D eigenvalue weighted by Gasteiger charge is 2.42. The van der Waals surface area contributed by atoms with Crippen LogP contribution in [0.15, 0.2) is 140 Å². The lowest BCUT2D eigenvalue weighted by Crippen LogP contribution is -2.39. The molecule has 8 rings (SSSR count). The quantitative estimate of drug-likeness (QED) is 0.0937. The SMILES string of the molecule is C=CC(=C)C(C(=C)CC(Cc1ccc(C)cc1)N(c1ccc(C(C)(C)C)cc1)c1ccc2c(c1)CC2)(c1ccc2c(c1)CC2)c1ccc2c(c1)CC2. The van der Waals surface area contributed by atoms with Crippen molar-refractivity contribution in [1.82, 2.24) is 0 Å². The fourth-order valence-corrected chi connectivity index (χ4v) is 8.90. The molecule has 1 unspecified atom stereocenters. The zero-order valence-corrected chi connectivity index (χ0v) is 31.7. The lowest BCUT2D eigenvalue weighted by atomic mass is 9.62. The van der Waals surface area contributed by atoms with Crippen LogP contribution in [0.5, 0.6) is 0 Å². The molecule has 3 aliphatic carbocycles. The number of anilines is 2. The largest absolute Gasteiger partial charge is 0.338 e. The minimum absolute atomic E-state index is 0.0766. The van der Waals surface area contributed by atoms with E-state index in [1.807, 2.05) is 6.08 Å². The third-order valence-electron chi connectivity index (χ3n) is 12.4. The number of benzene rings is 5. The van der Waals surface area contributed by atoms with Gasteiger partial charge in [-0.25, -0.2) is 0 Å². The average Bonchev–Trinajstić information content (AvgIpc) is 3.09. The van der Waals surface area contributed by atoms with Crippen molar-refractivity contribution in [2.75, 3.05) is 4.90 Å². The molecule has 262 valence electrons. The summed E-state index contributed by atoms with van der Waals surface area (Å²) in [5, 5.41) is 0. The zero-order chi connectivity index (χ0) is 36.2. The molecule has 1 nitrogen and oxygen atoms in total. The van der Waals surface area contributed by atoms with Gasteiger partial charge >= 0.3 is 0 Å². The lowest BCUT2D eigenvalue weighted by Gasteiger charge is -2.43. The van der Waals surface area contributed by atoms with Crippen LogP contribution in [-0.4, -0.2) is 6.04 Å². The molecule has 0 bridgehead atoms. The number of hydrogen-bond acceptors (Lipinski definition) is 1. The van der Waals surface area contributed by atoms with E-state index in [4.69, 9.17) is 13.2 Å². The Bertz CT molecular complexity index is 2130.